The number of nitrogens with zero attached hydrogens (tertiary/aromatic N) is 3. The van der Waals surface area contributed by atoms with Crippen molar-refractivity contribution in [3.63, 3.8) is 0 Å². The molecule has 1 unspecified atom stereocenters. The van der Waals surface area contributed by atoms with Gasteiger partial charge in [0.25, 0.3) is 6.43 Å². The van der Waals surface area contributed by atoms with Crippen molar-refractivity contribution in [3.05, 3.63) is 53.2 Å². The quantitative estimate of drug-likeness (QED) is 0.857. The van der Waals surface area contributed by atoms with Crippen LogP contribution in [0.25, 0.3) is 0 Å². The largest absolute Gasteiger partial charge is 0.352 e. The van der Waals surface area contributed by atoms with Crippen LogP contribution in [0.3, 0.4) is 0 Å². The average molecular weight is 381 g/mol. The molecule has 1 aliphatic rings. The minimum Gasteiger partial charge on any atom is -0.352 e. The predicted molar refractivity (Wildman–Crippen MR) is 98.0 cm³/mol. The number of carbonyl (C=O) groups excluding carboxylic acids is 1. The lowest BCUT2D eigenvalue weighted by Crippen LogP contribution is -2.55. The van der Waals surface area contributed by atoms with Gasteiger partial charge in [-0.2, -0.15) is 0 Å². The average Bonchev–Trinajstić information content (AvgIpc) is 2.62. The van der Waals surface area contributed by atoms with Crippen molar-refractivity contribution < 1.29 is 13.6 Å². The molecule has 1 saturated heterocycles. The zero-order chi connectivity index (χ0) is 18.7. The van der Waals surface area contributed by atoms with E-state index in [4.69, 9.17) is 11.6 Å². The highest BCUT2D eigenvalue weighted by molar-refractivity contribution is 6.32. The molecule has 1 aromatic carbocycles. The Labute approximate surface area is 155 Å². The standard InChI is InChI=1S/C18H19ClF2N4O/c1-12-11-24(17-15(19)3-2-8-22-17)9-10-25(12)18(26)23-14-6-4-13(5-7-14)16(20)21/h2-8,12,16H,9-11H2,1H3,(H,23,26). The van der Waals surface area contributed by atoms with Crippen molar-refractivity contribution in [2.45, 2.75) is 19.4 Å². The summed E-state index contributed by atoms with van der Waals surface area (Å²) in [5.74, 6) is 0.712. The number of halogens is 3. The van der Waals surface area contributed by atoms with E-state index >= 15 is 0 Å². The molecular formula is C18H19ClF2N4O. The van der Waals surface area contributed by atoms with Crippen molar-refractivity contribution in [3.8, 4) is 0 Å². The van der Waals surface area contributed by atoms with Crippen LogP contribution in [0.15, 0.2) is 42.6 Å². The molecule has 0 spiro atoms. The number of amides is 2. The number of anilines is 2. The third-order valence-corrected chi connectivity index (χ3v) is 4.64. The Balaban J connectivity index is 1.62. The Kier molecular flexibility index (Phi) is 5.56. The van der Waals surface area contributed by atoms with Gasteiger partial charge in [0.15, 0.2) is 0 Å². The molecule has 0 saturated carbocycles. The highest BCUT2D eigenvalue weighted by Crippen LogP contribution is 2.25. The third-order valence-electron chi connectivity index (χ3n) is 4.34. The Morgan fingerprint density at radius 2 is 2.00 bits per heavy atom. The topological polar surface area (TPSA) is 48.5 Å². The second kappa shape index (κ2) is 7.86. The fourth-order valence-corrected chi connectivity index (χ4v) is 3.21. The molecule has 1 aromatic heterocycles. The van der Waals surface area contributed by atoms with E-state index in [0.29, 0.717) is 36.2 Å². The van der Waals surface area contributed by atoms with Crippen LogP contribution < -0.4 is 10.2 Å². The van der Waals surface area contributed by atoms with Gasteiger partial charge in [-0.25, -0.2) is 18.6 Å². The van der Waals surface area contributed by atoms with Gasteiger partial charge in [-0.1, -0.05) is 23.7 Å². The van der Waals surface area contributed by atoms with Gasteiger partial charge in [-0.3, -0.25) is 0 Å². The first kappa shape index (κ1) is 18.4. The number of pyridine rings is 1. The van der Waals surface area contributed by atoms with Crippen LogP contribution in [0, 0.1) is 0 Å². The first-order valence-electron chi connectivity index (χ1n) is 8.27. The molecule has 0 bridgehead atoms. The number of alkyl halides is 2. The van der Waals surface area contributed by atoms with Crippen LogP contribution in [0.1, 0.15) is 18.9 Å². The lowest BCUT2D eigenvalue weighted by molar-refractivity contribution is 0.151. The first-order valence-corrected chi connectivity index (χ1v) is 8.64. The summed E-state index contributed by atoms with van der Waals surface area (Å²) >= 11 is 6.20. The summed E-state index contributed by atoms with van der Waals surface area (Å²) in [7, 11) is 0. The number of carbonyl (C=O) groups is 1. The summed E-state index contributed by atoms with van der Waals surface area (Å²) in [4.78, 5) is 20.6. The van der Waals surface area contributed by atoms with Gasteiger partial charge in [0.1, 0.15) is 5.82 Å². The Bertz CT molecular complexity index is 772. The molecule has 26 heavy (non-hydrogen) atoms. The molecule has 1 fully saturated rings. The number of nitrogens with one attached hydrogen (secondary N) is 1. The van der Waals surface area contributed by atoms with Gasteiger partial charge >= 0.3 is 6.03 Å². The maximum Gasteiger partial charge on any atom is 0.322 e. The van der Waals surface area contributed by atoms with E-state index in [1.54, 1.807) is 23.2 Å². The summed E-state index contributed by atoms with van der Waals surface area (Å²) < 4.78 is 25.2. The van der Waals surface area contributed by atoms with Gasteiger partial charge in [-0.05, 0) is 31.2 Å². The number of benzene rings is 1. The van der Waals surface area contributed by atoms with Gasteiger partial charge < -0.3 is 15.1 Å². The fraction of sp³-hybridized carbons (Fsp3) is 0.333. The van der Waals surface area contributed by atoms with Crippen LogP contribution >= 0.6 is 11.6 Å². The lowest BCUT2D eigenvalue weighted by atomic mass is 10.2. The molecule has 5 nitrogen and oxygen atoms in total. The first-order chi connectivity index (χ1) is 12.5. The summed E-state index contributed by atoms with van der Waals surface area (Å²) in [5.41, 5.74) is 0.416. The molecule has 1 atom stereocenters. The van der Waals surface area contributed by atoms with Gasteiger partial charge in [0.2, 0.25) is 0 Å². The number of piperazine rings is 1. The highest BCUT2D eigenvalue weighted by Gasteiger charge is 2.28. The molecule has 1 aliphatic heterocycles. The zero-order valence-corrected chi connectivity index (χ0v) is 15.0. The fourth-order valence-electron chi connectivity index (χ4n) is 2.97. The van der Waals surface area contributed by atoms with E-state index in [-0.39, 0.29) is 17.6 Å². The molecule has 0 radical (unpaired) electrons. The highest BCUT2D eigenvalue weighted by atomic mass is 35.5. The van der Waals surface area contributed by atoms with E-state index in [2.05, 4.69) is 10.3 Å². The lowest BCUT2D eigenvalue weighted by Gasteiger charge is -2.40. The molecule has 2 heterocycles. The summed E-state index contributed by atoms with van der Waals surface area (Å²) in [6.07, 6.45) is -0.833. The minimum atomic E-state index is -2.52. The molecule has 138 valence electrons. The van der Waals surface area contributed by atoms with Crippen molar-refractivity contribution >= 4 is 29.1 Å². The van der Waals surface area contributed by atoms with Crippen molar-refractivity contribution in [1.29, 1.82) is 0 Å². The van der Waals surface area contributed by atoms with Crippen molar-refractivity contribution in [2.75, 3.05) is 29.9 Å². The van der Waals surface area contributed by atoms with E-state index in [9.17, 15) is 13.6 Å². The third kappa shape index (κ3) is 4.04. The minimum absolute atomic E-state index is 0.0536. The predicted octanol–water partition coefficient (Wildman–Crippen LogP) is 4.42. The molecule has 8 heteroatoms. The van der Waals surface area contributed by atoms with Crippen LogP contribution in [-0.4, -0.2) is 41.6 Å². The number of aromatic nitrogens is 1. The molecule has 3 rings (SSSR count). The van der Waals surface area contributed by atoms with E-state index in [1.807, 2.05) is 11.8 Å². The molecule has 2 amide bonds. The maximum atomic E-state index is 12.6. The summed E-state index contributed by atoms with van der Waals surface area (Å²) in [6.45, 7) is 3.67. The van der Waals surface area contributed by atoms with Gasteiger partial charge in [-0.15, -0.1) is 0 Å². The van der Waals surface area contributed by atoms with Crippen LogP contribution in [-0.2, 0) is 0 Å². The van der Waals surface area contributed by atoms with Crippen molar-refractivity contribution in [1.82, 2.24) is 9.88 Å². The normalized spacial score (nSPS) is 17.5. The smallest absolute Gasteiger partial charge is 0.322 e. The summed E-state index contributed by atoms with van der Waals surface area (Å²) in [5, 5.41) is 3.34. The monoisotopic (exact) mass is 380 g/mol. The Hall–Kier alpha value is -2.41. The molecule has 2 aromatic rings. The van der Waals surface area contributed by atoms with Gasteiger partial charge in [0.05, 0.1) is 5.02 Å². The van der Waals surface area contributed by atoms with Gasteiger partial charge in [0, 0.05) is 43.1 Å². The zero-order valence-electron chi connectivity index (χ0n) is 14.2. The number of rotatable bonds is 3. The van der Waals surface area contributed by atoms with Crippen molar-refractivity contribution in [2.24, 2.45) is 0 Å². The molecule has 1 N–H and O–H groups in total. The maximum absolute atomic E-state index is 12.6. The number of urea groups is 1. The Morgan fingerprint density at radius 1 is 1.27 bits per heavy atom. The van der Waals surface area contributed by atoms with E-state index in [0.717, 1.165) is 0 Å². The van der Waals surface area contributed by atoms with Crippen LogP contribution in [0.2, 0.25) is 5.02 Å². The number of hydrogen-bond donors (Lipinski definition) is 1. The Morgan fingerprint density at radius 3 is 2.62 bits per heavy atom. The molecular weight excluding hydrogens is 362 g/mol. The summed E-state index contributed by atoms with van der Waals surface area (Å²) in [6, 6.07) is 8.84. The van der Waals surface area contributed by atoms with Crippen LogP contribution in [0.4, 0.5) is 25.1 Å². The molecule has 0 aliphatic carbocycles. The number of hydrogen-bond acceptors (Lipinski definition) is 3. The van der Waals surface area contributed by atoms with E-state index < -0.39 is 6.43 Å². The van der Waals surface area contributed by atoms with E-state index in [1.165, 1.54) is 24.3 Å². The SMILES string of the molecule is CC1CN(c2ncccc2Cl)CCN1C(=O)Nc1ccc(C(F)F)cc1. The second-order valence-electron chi connectivity index (χ2n) is 6.15. The second-order valence-corrected chi connectivity index (χ2v) is 6.56. The van der Waals surface area contributed by atoms with Crippen LogP contribution in [0.5, 0.6) is 0 Å².